The van der Waals surface area contributed by atoms with E-state index in [4.69, 9.17) is 4.74 Å². The Morgan fingerprint density at radius 2 is 2.00 bits per heavy atom. The van der Waals surface area contributed by atoms with Gasteiger partial charge in [0.1, 0.15) is 11.9 Å². The van der Waals surface area contributed by atoms with Gasteiger partial charge < -0.3 is 10.1 Å². The quantitative estimate of drug-likeness (QED) is 0.843. The molecule has 2 atom stereocenters. The number of aryl methyl sites for hydroxylation is 1. The molecule has 2 heteroatoms. The molecule has 0 amide bonds. The largest absolute Gasteiger partial charge is 0.488 e. The summed E-state index contributed by atoms with van der Waals surface area (Å²) in [5, 5.41) is 3.52. The Morgan fingerprint density at radius 1 is 1.25 bits per heavy atom. The lowest BCUT2D eigenvalue weighted by Crippen LogP contribution is -2.30. The Balaban J connectivity index is 2.41. The summed E-state index contributed by atoms with van der Waals surface area (Å²) >= 11 is 0. The van der Waals surface area contributed by atoms with Gasteiger partial charge in [-0.2, -0.15) is 0 Å². The third-order valence-electron chi connectivity index (χ3n) is 3.51. The van der Waals surface area contributed by atoms with E-state index in [1.165, 1.54) is 16.7 Å². The monoisotopic (exact) mass is 219 g/mol. The lowest BCUT2D eigenvalue weighted by atomic mass is 9.98. The number of benzene rings is 1. The number of hydrogen-bond acceptors (Lipinski definition) is 2. The molecule has 1 aliphatic heterocycles. The summed E-state index contributed by atoms with van der Waals surface area (Å²) in [6.07, 6.45) is 1.33. The summed E-state index contributed by atoms with van der Waals surface area (Å²) in [5.41, 5.74) is 3.93. The molecule has 2 unspecified atom stereocenters. The number of rotatable bonds is 3. The minimum absolute atomic E-state index is 0.287. The van der Waals surface area contributed by atoms with Crippen LogP contribution in [0.2, 0.25) is 0 Å². The van der Waals surface area contributed by atoms with Crippen molar-refractivity contribution >= 4 is 0 Å². The van der Waals surface area contributed by atoms with Gasteiger partial charge in [0.15, 0.2) is 0 Å². The van der Waals surface area contributed by atoms with Crippen molar-refractivity contribution in [1.29, 1.82) is 0 Å². The molecular weight excluding hydrogens is 198 g/mol. The predicted octanol–water partition coefficient (Wildman–Crippen LogP) is 3.13. The van der Waals surface area contributed by atoms with Crippen LogP contribution in [-0.2, 0) is 0 Å². The second kappa shape index (κ2) is 4.46. The number of nitrogens with one attached hydrogen (secondary N) is 1. The third kappa shape index (κ3) is 1.71. The van der Waals surface area contributed by atoms with Gasteiger partial charge in [-0.15, -0.1) is 0 Å². The molecule has 0 bridgehead atoms. The van der Waals surface area contributed by atoms with Gasteiger partial charge in [-0.1, -0.05) is 26.0 Å². The first-order valence-electron chi connectivity index (χ1n) is 6.19. The van der Waals surface area contributed by atoms with E-state index in [2.05, 4.69) is 45.1 Å². The van der Waals surface area contributed by atoms with E-state index >= 15 is 0 Å². The highest BCUT2D eigenvalue weighted by Crippen LogP contribution is 2.41. The van der Waals surface area contributed by atoms with Gasteiger partial charge in [-0.25, -0.2) is 0 Å². The average molecular weight is 219 g/mol. The predicted molar refractivity (Wildman–Crippen MR) is 67.0 cm³/mol. The molecule has 0 aliphatic carbocycles. The molecule has 1 aliphatic rings. The molecule has 0 saturated heterocycles. The van der Waals surface area contributed by atoms with Crippen LogP contribution < -0.4 is 10.1 Å². The average Bonchev–Trinajstić information content (AvgIpc) is 2.63. The highest BCUT2D eigenvalue weighted by Gasteiger charge is 2.33. The highest BCUT2D eigenvalue weighted by molar-refractivity contribution is 5.49. The van der Waals surface area contributed by atoms with Crippen LogP contribution >= 0.6 is 0 Å². The van der Waals surface area contributed by atoms with E-state index in [-0.39, 0.29) is 6.10 Å². The second-order valence-electron chi connectivity index (χ2n) is 4.53. The zero-order valence-corrected chi connectivity index (χ0v) is 10.6. The molecule has 0 aromatic heterocycles. The number of hydrogen-bond donors (Lipinski definition) is 1. The van der Waals surface area contributed by atoms with Crippen LogP contribution in [0.4, 0.5) is 0 Å². The van der Waals surface area contributed by atoms with Crippen LogP contribution in [0.3, 0.4) is 0 Å². The van der Waals surface area contributed by atoms with E-state index < -0.39 is 0 Å². The first-order chi connectivity index (χ1) is 7.69. The molecule has 1 aromatic carbocycles. The van der Waals surface area contributed by atoms with E-state index in [1.807, 2.05) is 0 Å². The number of likely N-dealkylation sites (N-methyl/N-ethyl adjacent to an activating group) is 1. The van der Waals surface area contributed by atoms with E-state index in [1.54, 1.807) is 0 Å². The fourth-order valence-corrected chi connectivity index (χ4v) is 2.41. The molecule has 0 radical (unpaired) electrons. The van der Waals surface area contributed by atoms with Gasteiger partial charge in [-0.3, -0.25) is 0 Å². The molecule has 1 aromatic rings. The van der Waals surface area contributed by atoms with Crippen molar-refractivity contribution in [3.8, 4) is 5.75 Å². The lowest BCUT2D eigenvalue weighted by molar-refractivity contribution is 0.185. The summed E-state index contributed by atoms with van der Waals surface area (Å²) in [5.74, 6) is 1.11. The molecule has 2 nitrogen and oxygen atoms in total. The fraction of sp³-hybridized carbons (Fsp3) is 0.571. The SMILES string of the molecule is CCNC1c2ccc(C)c(C)c2OC1CC. The van der Waals surface area contributed by atoms with Crippen LogP contribution in [0, 0.1) is 13.8 Å². The molecule has 0 fully saturated rings. The summed E-state index contributed by atoms with van der Waals surface area (Å²) < 4.78 is 6.07. The summed E-state index contributed by atoms with van der Waals surface area (Å²) in [6.45, 7) is 9.60. The standard InChI is InChI=1S/C14H21NO/c1-5-12-13(15-6-2)11-8-7-9(3)10(4)14(11)16-12/h7-8,12-13,15H,5-6H2,1-4H3. The Labute approximate surface area is 98.0 Å². The van der Waals surface area contributed by atoms with Gasteiger partial charge >= 0.3 is 0 Å². The Morgan fingerprint density at radius 3 is 2.62 bits per heavy atom. The maximum Gasteiger partial charge on any atom is 0.127 e. The topological polar surface area (TPSA) is 21.3 Å². The van der Waals surface area contributed by atoms with Crippen molar-refractivity contribution in [3.63, 3.8) is 0 Å². The first kappa shape index (κ1) is 11.5. The van der Waals surface area contributed by atoms with Crippen molar-refractivity contribution in [1.82, 2.24) is 5.32 Å². The molecule has 1 N–H and O–H groups in total. The fourth-order valence-electron chi connectivity index (χ4n) is 2.41. The maximum absolute atomic E-state index is 6.07. The molecule has 88 valence electrons. The summed E-state index contributed by atoms with van der Waals surface area (Å²) in [4.78, 5) is 0. The maximum atomic E-state index is 6.07. The summed E-state index contributed by atoms with van der Waals surface area (Å²) in [6, 6.07) is 4.77. The van der Waals surface area contributed by atoms with E-state index in [9.17, 15) is 0 Å². The lowest BCUT2D eigenvalue weighted by Gasteiger charge is -2.17. The zero-order valence-electron chi connectivity index (χ0n) is 10.6. The van der Waals surface area contributed by atoms with Crippen LogP contribution in [-0.4, -0.2) is 12.6 Å². The second-order valence-corrected chi connectivity index (χ2v) is 4.53. The third-order valence-corrected chi connectivity index (χ3v) is 3.51. The minimum atomic E-state index is 0.287. The van der Waals surface area contributed by atoms with Crippen molar-refractivity contribution in [2.45, 2.75) is 46.3 Å². The number of ether oxygens (including phenoxy) is 1. The van der Waals surface area contributed by atoms with Crippen molar-refractivity contribution in [2.75, 3.05) is 6.54 Å². The van der Waals surface area contributed by atoms with Crippen LogP contribution in [0.15, 0.2) is 12.1 Å². The van der Waals surface area contributed by atoms with Gasteiger partial charge in [0.25, 0.3) is 0 Å². The number of fused-ring (bicyclic) bond motifs is 1. The highest BCUT2D eigenvalue weighted by atomic mass is 16.5. The van der Waals surface area contributed by atoms with Crippen LogP contribution in [0.5, 0.6) is 5.75 Å². The van der Waals surface area contributed by atoms with Crippen LogP contribution in [0.25, 0.3) is 0 Å². The van der Waals surface area contributed by atoms with Crippen molar-refractivity contribution in [2.24, 2.45) is 0 Å². The van der Waals surface area contributed by atoms with Crippen molar-refractivity contribution < 1.29 is 4.74 Å². The Hall–Kier alpha value is -1.02. The van der Waals surface area contributed by atoms with Gasteiger partial charge in [0, 0.05) is 5.56 Å². The first-order valence-corrected chi connectivity index (χ1v) is 6.19. The van der Waals surface area contributed by atoms with Crippen LogP contribution in [0.1, 0.15) is 43.0 Å². The zero-order chi connectivity index (χ0) is 11.7. The molecule has 2 rings (SSSR count). The van der Waals surface area contributed by atoms with E-state index in [0.29, 0.717) is 6.04 Å². The van der Waals surface area contributed by atoms with Gasteiger partial charge in [-0.05, 0) is 37.9 Å². The van der Waals surface area contributed by atoms with Gasteiger partial charge in [0.05, 0.1) is 6.04 Å². The van der Waals surface area contributed by atoms with Gasteiger partial charge in [0.2, 0.25) is 0 Å². The molecule has 0 spiro atoms. The van der Waals surface area contributed by atoms with E-state index in [0.717, 1.165) is 18.7 Å². The Bertz CT molecular complexity index is 387. The molecule has 0 saturated carbocycles. The van der Waals surface area contributed by atoms with Crippen molar-refractivity contribution in [3.05, 3.63) is 28.8 Å². The smallest absolute Gasteiger partial charge is 0.127 e. The molecular formula is C14H21NO. The minimum Gasteiger partial charge on any atom is -0.488 e. The molecule has 16 heavy (non-hydrogen) atoms. The normalized spacial score (nSPS) is 23.0. The summed E-state index contributed by atoms with van der Waals surface area (Å²) in [7, 11) is 0. The molecule has 1 heterocycles. The Kier molecular flexibility index (Phi) is 3.20.